The van der Waals surface area contributed by atoms with E-state index in [0.717, 1.165) is 11.3 Å². The van der Waals surface area contributed by atoms with Crippen LogP contribution in [0, 0.1) is 17.0 Å². The Morgan fingerprint density at radius 1 is 1.23 bits per heavy atom. The molecule has 0 fully saturated rings. The van der Waals surface area contributed by atoms with E-state index in [1.54, 1.807) is 48.3 Å². The molecule has 22 heavy (non-hydrogen) atoms. The fourth-order valence-electron chi connectivity index (χ4n) is 2.01. The Labute approximate surface area is 126 Å². The Morgan fingerprint density at radius 2 is 2.09 bits per heavy atom. The Kier molecular flexibility index (Phi) is 3.53. The van der Waals surface area contributed by atoms with Gasteiger partial charge in [0.15, 0.2) is 0 Å². The highest BCUT2D eigenvalue weighted by atomic mass is 16.6. The molecule has 0 saturated heterocycles. The van der Waals surface area contributed by atoms with Crippen LogP contribution in [0.1, 0.15) is 5.56 Å². The molecule has 0 aliphatic rings. The first-order chi connectivity index (χ1) is 10.6. The van der Waals surface area contributed by atoms with Gasteiger partial charge in [-0.15, -0.1) is 0 Å². The molecular weight excluding hydrogens is 284 g/mol. The Hall–Kier alpha value is -3.22. The zero-order valence-corrected chi connectivity index (χ0v) is 11.7. The van der Waals surface area contributed by atoms with Gasteiger partial charge in [-0.1, -0.05) is 12.1 Å². The van der Waals surface area contributed by atoms with Gasteiger partial charge in [0.1, 0.15) is 18.4 Å². The van der Waals surface area contributed by atoms with Crippen LogP contribution in [-0.2, 0) is 0 Å². The molecule has 0 spiro atoms. The highest BCUT2D eigenvalue weighted by molar-refractivity contribution is 5.51. The number of nitro benzene ring substituents is 1. The molecule has 0 bridgehead atoms. The van der Waals surface area contributed by atoms with Crippen molar-refractivity contribution in [2.75, 3.05) is 0 Å². The van der Waals surface area contributed by atoms with Gasteiger partial charge >= 0.3 is 5.69 Å². The second kappa shape index (κ2) is 5.65. The largest absolute Gasteiger partial charge is 0.450 e. The summed E-state index contributed by atoms with van der Waals surface area (Å²) >= 11 is 0. The van der Waals surface area contributed by atoms with Crippen LogP contribution in [0.15, 0.2) is 55.1 Å². The predicted molar refractivity (Wildman–Crippen MR) is 79.3 cm³/mol. The Bertz CT molecular complexity index is 815. The predicted octanol–water partition coefficient (Wildman–Crippen LogP) is 3.28. The molecule has 0 aliphatic carbocycles. The smallest absolute Gasteiger partial charge is 0.311 e. The van der Waals surface area contributed by atoms with E-state index in [-0.39, 0.29) is 11.4 Å². The van der Waals surface area contributed by atoms with Crippen molar-refractivity contribution in [2.24, 2.45) is 0 Å². The van der Waals surface area contributed by atoms with E-state index in [1.165, 1.54) is 12.4 Å². The number of nitro groups is 1. The summed E-state index contributed by atoms with van der Waals surface area (Å²) in [5.41, 5.74) is 1.49. The van der Waals surface area contributed by atoms with E-state index >= 15 is 0 Å². The third kappa shape index (κ3) is 2.78. The molecule has 7 heteroatoms. The van der Waals surface area contributed by atoms with Crippen molar-refractivity contribution in [3.63, 3.8) is 0 Å². The normalized spacial score (nSPS) is 10.4. The summed E-state index contributed by atoms with van der Waals surface area (Å²) in [5, 5.41) is 15.2. The first kappa shape index (κ1) is 13.7. The van der Waals surface area contributed by atoms with E-state index < -0.39 is 4.92 Å². The lowest BCUT2D eigenvalue weighted by Gasteiger charge is -2.08. The van der Waals surface area contributed by atoms with Crippen molar-refractivity contribution < 1.29 is 9.66 Å². The SMILES string of the molecule is Cc1ccc(Oc2cccc(-n3cncn3)c2)c([N+](=O)[O-])c1. The van der Waals surface area contributed by atoms with E-state index in [0.29, 0.717) is 5.75 Å². The molecule has 1 aromatic heterocycles. The van der Waals surface area contributed by atoms with Gasteiger partial charge in [-0.3, -0.25) is 10.1 Å². The lowest BCUT2D eigenvalue weighted by molar-refractivity contribution is -0.385. The number of rotatable bonds is 4. The average Bonchev–Trinajstić information content (AvgIpc) is 3.03. The Morgan fingerprint density at radius 3 is 2.82 bits per heavy atom. The molecule has 3 rings (SSSR count). The van der Waals surface area contributed by atoms with Crippen LogP contribution in [0.25, 0.3) is 5.69 Å². The summed E-state index contributed by atoms with van der Waals surface area (Å²) in [7, 11) is 0. The van der Waals surface area contributed by atoms with E-state index in [1.807, 2.05) is 6.07 Å². The molecule has 0 aliphatic heterocycles. The summed E-state index contributed by atoms with van der Waals surface area (Å²) in [6, 6.07) is 11.9. The maximum Gasteiger partial charge on any atom is 0.311 e. The molecule has 0 saturated carbocycles. The van der Waals surface area contributed by atoms with Gasteiger partial charge in [0.25, 0.3) is 0 Å². The molecule has 110 valence electrons. The molecule has 2 aromatic carbocycles. The van der Waals surface area contributed by atoms with Crippen molar-refractivity contribution in [3.8, 4) is 17.2 Å². The minimum Gasteiger partial charge on any atom is -0.450 e. The van der Waals surface area contributed by atoms with Gasteiger partial charge in [-0.25, -0.2) is 9.67 Å². The topological polar surface area (TPSA) is 83.1 Å². The summed E-state index contributed by atoms with van der Waals surface area (Å²) in [6.45, 7) is 1.79. The van der Waals surface area contributed by atoms with Gasteiger partial charge in [0, 0.05) is 12.1 Å². The fraction of sp³-hybridized carbons (Fsp3) is 0.0667. The lowest BCUT2D eigenvalue weighted by atomic mass is 10.2. The minimum atomic E-state index is -0.455. The van der Waals surface area contributed by atoms with Crippen molar-refractivity contribution in [1.82, 2.24) is 14.8 Å². The van der Waals surface area contributed by atoms with Crippen LogP contribution in [0.3, 0.4) is 0 Å². The first-order valence-corrected chi connectivity index (χ1v) is 6.51. The number of ether oxygens (including phenoxy) is 1. The molecule has 3 aromatic rings. The third-order valence-electron chi connectivity index (χ3n) is 3.04. The lowest BCUT2D eigenvalue weighted by Crippen LogP contribution is -1.96. The van der Waals surface area contributed by atoms with E-state index in [4.69, 9.17) is 4.74 Å². The van der Waals surface area contributed by atoms with Crippen molar-refractivity contribution >= 4 is 5.69 Å². The first-order valence-electron chi connectivity index (χ1n) is 6.51. The molecule has 0 amide bonds. The molecular formula is C15H12N4O3. The molecule has 0 unspecified atom stereocenters. The number of aryl methyl sites for hydroxylation is 1. The minimum absolute atomic E-state index is 0.0637. The quantitative estimate of drug-likeness (QED) is 0.545. The summed E-state index contributed by atoms with van der Waals surface area (Å²) < 4.78 is 7.24. The maximum atomic E-state index is 11.1. The number of hydrogen-bond donors (Lipinski definition) is 0. The molecule has 7 nitrogen and oxygen atoms in total. The third-order valence-corrected chi connectivity index (χ3v) is 3.04. The number of aromatic nitrogens is 3. The molecule has 0 N–H and O–H groups in total. The second-order valence-electron chi connectivity index (χ2n) is 4.67. The monoisotopic (exact) mass is 296 g/mol. The zero-order chi connectivity index (χ0) is 15.5. The Balaban J connectivity index is 1.94. The van der Waals surface area contributed by atoms with Gasteiger partial charge in [0.2, 0.25) is 5.75 Å². The zero-order valence-electron chi connectivity index (χ0n) is 11.7. The van der Waals surface area contributed by atoms with Crippen LogP contribution in [0.5, 0.6) is 11.5 Å². The fourth-order valence-corrected chi connectivity index (χ4v) is 2.01. The molecule has 0 radical (unpaired) electrons. The number of nitrogens with zero attached hydrogens (tertiary/aromatic N) is 4. The second-order valence-corrected chi connectivity index (χ2v) is 4.67. The van der Waals surface area contributed by atoms with Gasteiger partial charge < -0.3 is 4.74 Å². The molecule has 0 atom stereocenters. The highest BCUT2D eigenvalue weighted by Crippen LogP contribution is 2.32. The van der Waals surface area contributed by atoms with Crippen LogP contribution in [0.2, 0.25) is 0 Å². The number of hydrogen-bond acceptors (Lipinski definition) is 5. The van der Waals surface area contributed by atoms with Crippen LogP contribution >= 0.6 is 0 Å². The summed E-state index contributed by atoms with van der Waals surface area (Å²) in [5.74, 6) is 0.686. The summed E-state index contributed by atoms with van der Waals surface area (Å²) in [4.78, 5) is 14.5. The van der Waals surface area contributed by atoms with Crippen molar-refractivity contribution in [1.29, 1.82) is 0 Å². The average molecular weight is 296 g/mol. The van der Waals surface area contributed by atoms with Crippen molar-refractivity contribution in [3.05, 3.63) is 70.8 Å². The van der Waals surface area contributed by atoms with Gasteiger partial charge in [-0.2, -0.15) is 5.10 Å². The molecule has 1 heterocycles. The number of benzene rings is 2. The summed E-state index contributed by atoms with van der Waals surface area (Å²) in [6.07, 6.45) is 2.99. The van der Waals surface area contributed by atoms with Crippen LogP contribution < -0.4 is 4.74 Å². The maximum absolute atomic E-state index is 11.1. The highest BCUT2D eigenvalue weighted by Gasteiger charge is 2.16. The van der Waals surface area contributed by atoms with E-state index in [2.05, 4.69) is 10.1 Å². The van der Waals surface area contributed by atoms with Gasteiger partial charge in [-0.05, 0) is 30.7 Å². The van der Waals surface area contributed by atoms with E-state index in [9.17, 15) is 10.1 Å². The van der Waals surface area contributed by atoms with Crippen molar-refractivity contribution in [2.45, 2.75) is 6.92 Å². The standard InChI is InChI=1S/C15H12N4O3/c1-11-5-6-15(14(7-11)19(20)21)22-13-4-2-3-12(8-13)18-10-16-9-17-18/h2-10H,1H3. The van der Waals surface area contributed by atoms with Gasteiger partial charge in [0.05, 0.1) is 10.6 Å². The van der Waals surface area contributed by atoms with Crippen LogP contribution in [-0.4, -0.2) is 19.7 Å². The van der Waals surface area contributed by atoms with Crippen LogP contribution in [0.4, 0.5) is 5.69 Å².